The van der Waals surface area contributed by atoms with Crippen molar-refractivity contribution < 1.29 is 4.79 Å². The molecule has 0 unspecified atom stereocenters. The maximum Gasteiger partial charge on any atom is 0.270 e. The van der Waals surface area contributed by atoms with E-state index in [9.17, 15) is 4.79 Å². The first-order valence-corrected chi connectivity index (χ1v) is 6.22. The molecule has 1 aromatic heterocycles. The summed E-state index contributed by atoms with van der Waals surface area (Å²) in [6.45, 7) is 1.78. The van der Waals surface area contributed by atoms with Crippen molar-refractivity contribution in [2.45, 2.75) is 19.4 Å². The first-order valence-electron chi connectivity index (χ1n) is 5.84. The van der Waals surface area contributed by atoms with Gasteiger partial charge in [0.25, 0.3) is 5.91 Å². The van der Waals surface area contributed by atoms with Gasteiger partial charge in [-0.2, -0.15) is 5.26 Å². The second-order valence-corrected chi connectivity index (χ2v) is 4.71. The molecule has 96 valence electrons. The van der Waals surface area contributed by atoms with Crippen LogP contribution in [-0.2, 0) is 0 Å². The number of benzene rings is 1. The van der Waals surface area contributed by atoms with Gasteiger partial charge in [-0.15, -0.1) is 0 Å². The number of carbonyl (C=O) groups is 1. The number of rotatable bonds is 3. The molecule has 0 saturated carbocycles. The highest BCUT2D eigenvalue weighted by atomic mass is 35.5. The fraction of sp³-hybridized carbons (Fsp3) is 0.214. The van der Waals surface area contributed by atoms with E-state index in [0.29, 0.717) is 16.2 Å². The first kappa shape index (κ1) is 13.3. The van der Waals surface area contributed by atoms with Crippen molar-refractivity contribution >= 4 is 28.4 Å². The Morgan fingerprint density at radius 3 is 2.95 bits per heavy atom. The number of aromatic nitrogens is 1. The van der Waals surface area contributed by atoms with Gasteiger partial charge < -0.3 is 5.32 Å². The number of nitrogens with one attached hydrogen (secondary N) is 1. The number of amides is 1. The summed E-state index contributed by atoms with van der Waals surface area (Å²) in [4.78, 5) is 16.2. The van der Waals surface area contributed by atoms with Gasteiger partial charge in [0, 0.05) is 16.5 Å². The van der Waals surface area contributed by atoms with Crippen molar-refractivity contribution in [2.75, 3.05) is 0 Å². The van der Waals surface area contributed by atoms with Crippen LogP contribution in [0.1, 0.15) is 23.8 Å². The minimum atomic E-state index is -0.287. The fourth-order valence-electron chi connectivity index (χ4n) is 1.70. The summed E-state index contributed by atoms with van der Waals surface area (Å²) in [5.41, 5.74) is 0.993. The predicted octanol–water partition coefficient (Wildman–Crippen LogP) is 2.92. The van der Waals surface area contributed by atoms with Crippen LogP contribution in [0.3, 0.4) is 0 Å². The van der Waals surface area contributed by atoms with Gasteiger partial charge in [-0.3, -0.25) is 4.79 Å². The van der Waals surface area contributed by atoms with E-state index in [2.05, 4.69) is 10.3 Å². The SMILES string of the molecule is C[C@H](CC#N)NC(=O)c1ccc2ccc(Cl)cc2n1. The second-order valence-electron chi connectivity index (χ2n) is 4.27. The second kappa shape index (κ2) is 5.68. The Kier molecular flexibility index (Phi) is 3.98. The Morgan fingerprint density at radius 1 is 1.47 bits per heavy atom. The van der Waals surface area contributed by atoms with E-state index >= 15 is 0 Å². The van der Waals surface area contributed by atoms with Crippen LogP contribution in [0.4, 0.5) is 0 Å². The van der Waals surface area contributed by atoms with Crippen LogP contribution in [0, 0.1) is 11.3 Å². The summed E-state index contributed by atoms with van der Waals surface area (Å²) in [7, 11) is 0. The van der Waals surface area contributed by atoms with Gasteiger partial charge >= 0.3 is 0 Å². The highest BCUT2D eigenvalue weighted by molar-refractivity contribution is 6.31. The van der Waals surface area contributed by atoms with Crippen molar-refractivity contribution in [2.24, 2.45) is 0 Å². The largest absolute Gasteiger partial charge is 0.347 e. The lowest BCUT2D eigenvalue weighted by Gasteiger charge is -2.10. The zero-order valence-corrected chi connectivity index (χ0v) is 11.1. The van der Waals surface area contributed by atoms with Gasteiger partial charge in [0.05, 0.1) is 18.0 Å². The van der Waals surface area contributed by atoms with Crippen LogP contribution in [0.25, 0.3) is 10.9 Å². The molecule has 2 aromatic rings. The molecule has 1 amide bonds. The Morgan fingerprint density at radius 2 is 2.21 bits per heavy atom. The van der Waals surface area contributed by atoms with Crippen molar-refractivity contribution in [3.8, 4) is 6.07 Å². The Labute approximate surface area is 116 Å². The minimum absolute atomic E-state index is 0.200. The molecular formula is C14H12ClN3O. The average Bonchev–Trinajstić information content (AvgIpc) is 2.38. The van der Waals surface area contributed by atoms with E-state index < -0.39 is 0 Å². The molecule has 5 heteroatoms. The summed E-state index contributed by atoms with van der Waals surface area (Å²) in [5, 5.41) is 12.8. The summed E-state index contributed by atoms with van der Waals surface area (Å²) >= 11 is 5.90. The smallest absolute Gasteiger partial charge is 0.270 e. The van der Waals surface area contributed by atoms with E-state index in [4.69, 9.17) is 16.9 Å². The van der Waals surface area contributed by atoms with Gasteiger partial charge in [-0.25, -0.2) is 4.98 Å². The van der Waals surface area contributed by atoms with Crippen LogP contribution >= 0.6 is 11.6 Å². The summed E-state index contributed by atoms with van der Waals surface area (Å²) in [5.74, 6) is -0.287. The van der Waals surface area contributed by atoms with E-state index in [0.717, 1.165) is 5.39 Å². The Bertz CT molecular complexity index is 663. The topological polar surface area (TPSA) is 65.8 Å². The molecule has 0 saturated heterocycles. The molecule has 1 heterocycles. The summed E-state index contributed by atoms with van der Waals surface area (Å²) in [6, 6.07) is 10.6. The van der Waals surface area contributed by atoms with E-state index in [1.165, 1.54) is 0 Å². The molecule has 0 bridgehead atoms. The van der Waals surface area contributed by atoms with Crippen LogP contribution in [0.5, 0.6) is 0 Å². The molecule has 0 spiro atoms. The number of hydrogen-bond acceptors (Lipinski definition) is 3. The van der Waals surface area contributed by atoms with Crippen LogP contribution in [0.15, 0.2) is 30.3 Å². The monoisotopic (exact) mass is 273 g/mol. The zero-order valence-electron chi connectivity index (χ0n) is 10.4. The molecule has 1 atom stereocenters. The summed E-state index contributed by atoms with van der Waals surface area (Å²) < 4.78 is 0. The van der Waals surface area contributed by atoms with Crippen molar-refractivity contribution in [1.29, 1.82) is 5.26 Å². The maximum atomic E-state index is 11.9. The summed E-state index contributed by atoms with van der Waals surface area (Å²) in [6.07, 6.45) is 0.269. The van der Waals surface area contributed by atoms with Crippen molar-refractivity contribution in [1.82, 2.24) is 10.3 Å². The quantitative estimate of drug-likeness (QED) is 0.935. The van der Waals surface area contributed by atoms with Crippen molar-refractivity contribution in [3.05, 3.63) is 41.0 Å². The van der Waals surface area contributed by atoms with Gasteiger partial charge in [-0.05, 0) is 25.1 Å². The van der Waals surface area contributed by atoms with E-state index in [1.807, 2.05) is 18.2 Å². The number of pyridine rings is 1. The third kappa shape index (κ3) is 3.21. The molecule has 0 radical (unpaired) electrons. The molecule has 1 N–H and O–H groups in total. The molecule has 19 heavy (non-hydrogen) atoms. The van der Waals surface area contributed by atoms with Gasteiger partial charge in [0.15, 0.2) is 0 Å². The number of nitriles is 1. The Balaban J connectivity index is 2.25. The number of carbonyl (C=O) groups excluding carboxylic acids is 1. The Hall–Kier alpha value is -2.12. The third-order valence-electron chi connectivity index (χ3n) is 2.66. The molecule has 0 aliphatic rings. The van der Waals surface area contributed by atoms with Gasteiger partial charge in [-0.1, -0.05) is 23.7 Å². The fourth-order valence-corrected chi connectivity index (χ4v) is 1.87. The lowest BCUT2D eigenvalue weighted by atomic mass is 10.2. The molecule has 0 fully saturated rings. The van der Waals surface area contributed by atoms with E-state index in [-0.39, 0.29) is 18.4 Å². The number of nitrogens with zero attached hydrogens (tertiary/aromatic N) is 2. The first-order chi connectivity index (χ1) is 9.10. The van der Waals surface area contributed by atoms with Crippen molar-refractivity contribution in [3.63, 3.8) is 0 Å². The van der Waals surface area contributed by atoms with Crippen LogP contribution < -0.4 is 5.32 Å². The maximum absolute atomic E-state index is 11.9. The van der Waals surface area contributed by atoms with Crippen LogP contribution in [0.2, 0.25) is 5.02 Å². The van der Waals surface area contributed by atoms with E-state index in [1.54, 1.807) is 25.1 Å². The zero-order chi connectivity index (χ0) is 13.8. The average molecular weight is 274 g/mol. The molecule has 0 aliphatic carbocycles. The molecule has 4 nitrogen and oxygen atoms in total. The number of halogens is 1. The van der Waals surface area contributed by atoms with Crippen LogP contribution in [-0.4, -0.2) is 16.9 Å². The molecular weight excluding hydrogens is 262 g/mol. The highest BCUT2D eigenvalue weighted by Crippen LogP contribution is 2.18. The standard InChI is InChI=1S/C14H12ClN3O/c1-9(6-7-16)17-14(19)12-5-3-10-2-4-11(15)8-13(10)18-12/h2-5,8-9H,6H2,1H3,(H,17,19)/t9-/m1/s1. The lowest BCUT2D eigenvalue weighted by molar-refractivity contribution is 0.0936. The molecule has 0 aliphatic heterocycles. The molecule has 2 rings (SSSR count). The number of fused-ring (bicyclic) bond motifs is 1. The lowest BCUT2D eigenvalue weighted by Crippen LogP contribution is -2.32. The molecule has 1 aromatic carbocycles. The van der Waals surface area contributed by atoms with Gasteiger partial charge in [0.2, 0.25) is 0 Å². The highest BCUT2D eigenvalue weighted by Gasteiger charge is 2.11. The third-order valence-corrected chi connectivity index (χ3v) is 2.90. The minimum Gasteiger partial charge on any atom is -0.347 e. The number of hydrogen-bond donors (Lipinski definition) is 1. The normalized spacial score (nSPS) is 11.8. The van der Waals surface area contributed by atoms with Gasteiger partial charge in [0.1, 0.15) is 5.69 Å². The predicted molar refractivity (Wildman–Crippen MR) is 73.9 cm³/mol.